The Morgan fingerprint density at radius 2 is 2.06 bits per heavy atom. The van der Waals surface area contributed by atoms with Crippen LogP contribution in [0, 0.1) is 11.3 Å². The normalized spacial score (nSPS) is 11.5. The van der Waals surface area contributed by atoms with Crippen molar-refractivity contribution in [3.05, 3.63) is 28.8 Å². The zero-order chi connectivity index (χ0) is 13.2. The minimum Gasteiger partial charge on any atom is -0.392 e. The van der Waals surface area contributed by atoms with Crippen molar-refractivity contribution in [1.29, 1.82) is 5.26 Å². The number of aliphatic hydroxyl groups excluding tert-OH is 1. The molecule has 17 heavy (non-hydrogen) atoms. The van der Waals surface area contributed by atoms with Crippen molar-refractivity contribution in [2.24, 2.45) is 0 Å². The topological polar surface area (TPSA) is 78.2 Å². The molecule has 0 aliphatic rings. The Bertz CT molecular complexity index is 581. The summed E-state index contributed by atoms with van der Waals surface area (Å²) in [6.45, 7) is -0.872. The number of nitrogens with zero attached hydrogens (tertiary/aromatic N) is 1. The molecule has 0 aliphatic heterocycles. The summed E-state index contributed by atoms with van der Waals surface area (Å²) in [7, 11) is 0.642. The van der Waals surface area contributed by atoms with E-state index < -0.39 is 38.1 Å². The van der Waals surface area contributed by atoms with Crippen LogP contribution in [0.25, 0.3) is 0 Å². The zero-order valence-corrected chi connectivity index (χ0v) is 9.76. The first-order valence-electron chi connectivity index (χ1n) is 4.22. The quantitative estimate of drug-likeness (QED) is 0.859. The van der Waals surface area contributed by atoms with E-state index in [0.717, 1.165) is 12.1 Å². The van der Waals surface area contributed by atoms with Gasteiger partial charge in [0.1, 0.15) is 0 Å². The van der Waals surface area contributed by atoms with Crippen LogP contribution in [-0.4, -0.2) is 13.5 Å². The lowest BCUT2D eigenvalue weighted by molar-refractivity contribution is 0.143. The van der Waals surface area contributed by atoms with Gasteiger partial charge in [-0.15, -0.1) is 0 Å². The first-order valence-corrected chi connectivity index (χ1v) is 6.53. The van der Waals surface area contributed by atoms with Crippen molar-refractivity contribution in [2.75, 3.05) is 0 Å². The SMILES string of the molecule is N#Cc1ccc(S(=O)(=O)Cl)c(C(F)F)c1CO. The van der Waals surface area contributed by atoms with Crippen molar-refractivity contribution in [2.45, 2.75) is 17.9 Å². The van der Waals surface area contributed by atoms with Crippen LogP contribution in [0.15, 0.2) is 17.0 Å². The number of hydrogen-bond donors (Lipinski definition) is 1. The van der Waals surface area contributed by atoms with Crippen LogP contribution in [0.5, 0.6) is 0 Å². The standard InChI is InChI=1S/C9H6ClF2NO3S/c10-17(15,16)7-2-1-5(3-13)6(4-14)8(7)9(11)12/h1-2,9,14H,4H2. The Kier molecular flexibility index (Phi) is 4.03. The van der Waals surface area contributed by atoms with E-state index in [9.17, 15) is 17.2 Å². The van der Waals surface area contributed by atoms with Crippen LogP contribution in [0.2, 0.25) is 0 Å². The Hall–Kier alpha value is -1.23. The molecule has 0 saturated carbocycles. The number of nitriles is 1. The van der Waals surface area contributed by atoms with Gasteiger partial charge < -0.3 is 5.11 Å². The highest BCUT2D eigenvalue weighted by atomic mass is 35.7. The predicted molar refractivity (Wildman–Crippen MR) is 55.1 cm³/mol. The lowest BCUT2D eigenvalue weighted by Gasteiger charge is -2.12. The Balaban J connectivity index is 3.73. The molecule has 1 rings (SSSR count). The summed E-state index contributed by atoms with van der Waals surface area (Å²) >= 11 is 0. The van der Waals surface area contributed by atoms with Gasteiger partial charge in [0.05, 0.1) is 23.1 Å². The van der Waals surface area contributed by atoms with E-state index in [1.807, 2.05) is 0 Å². The molecule has 92 valence electrons. The molecule has 0 aliphatic carbocycles. The summed E-state index contributed by atoms with van der Waals surface area (Å²) < 4.78 is 47.7. The maximum atomic E-state index is 12.8. The average Bonchev–Trinajstić information content (AvgIpc) is 2.25. The molecular formula is C9H6ClF2NO3S. The van der Waals surface area contributed by atoms with Gasteiger partial charge in [0.2, 0.25) is 0 Å². The second-order valence-corrected chi connectivity index (χ2v) is 5.55. The minimum atomic E-state index is -4.36. The van der Waals surface area contributed by atoms with Gasteiger partial charge in [-0.1, -0.05) is 0 Å². The highest BCUT2D eigenvalue weighted by molar-refractivity contribution is 8.13. The lowest BCUT2D eigenvalue weighted by Crippen LogP contribution is -2.06. The van der Waals surface area contributed by atoms with Gasteiger partial charge in [0, 0.05) is 21.8 Å². The third-order valence-corrected chi connectivity index (χ3v) is 3.46. The number of halogens is 3. The van der Waals surface area contributed by atoms with E-state index in [2.05, 4.69) is 0 Å². The van der Waals surface area contributed by atoms with Gasteiger partial charge in [0.15, 0.2) is 0 Å². The van der Waals surface area contributed by atoms with E-state index in [4.69, 9.17) is 21.1 Å². The van der Waals surface area contributed by atoms with Gasteiger partial charge >= 0.3 is 0 Å². The molecule has 1 aromatic carbocycles. The molecule has 0 saturated heterocycles. The molecule has 8 heteroatoms. The molecule has 0 amide bonds. The maximum Gasteiger partial charge on any atom is 0.265 e. The van der Waals surface area contributed by atoms with Crippen molar-refractivity contribution in [1.82, 2.24) is 0 Å². The molecule has 0 unspecified atom stereocenters. The molecule has 0 aromatic heterocycles. The highest BCUT2D eigenvalue weighted by Crippen LogP contribution is 2.33. The first-order chi connectivity index (χ1) is 7.82. The van der Waals surface area contributed by atoms with E-state index in [0.29, 0.717) is 0 Å². The summed E-state index contributed by atoms with van der Waals surface area (Å²) in [5.74, 6) is 0. The molecule has 1 N–H and O–H groups in total. The van der Waals surface area contributed by atoms with Gasteiger partial charge in [-0.2, -0.15) is 5.26 Å². The fraction of sp³-hybridized carbons (Fsp3) is 0.222. The van der Waals surface area contributed by atoms with Crippen LogP contribution in [0.1, 0.15) is 23.1 Å². The molecule has 1 aromatic rings. The fourth-order valence-electron chi connectivity index (χ4n) is 1.37. The van der Waals surface area contributed by atoms with E-state index in [1.54, 1.807) is 6.07 Å². The molecule has 0 atom stereocenters. The zero-order valence-electron chi connectivity index (χ0n) is 8.19. The number of aliphatic hydroxyl groups is 1. The summed E-state index contributed by atoms with van der Waals surface area (Å²) in [6.07, 6.45) is -3.16. The number of rotatable bonds is 3. The predicted octanol–water partition coefficient (Wildman–Crippen LogP) is 1.92. The van der Waals surface area contributed by atoms with Crippen molar-refractivity contribution >= 4 is 19.7 Å². The first kappa shape index (κ1) is 13.8. The summed E-state index contributed by atoms with van der Waals surface area (Å²) in [5, 5.41) is 17.6. The Labute approximate surface area is 100 Å². The van der Waals surface area contributed by atoms with Crippen LogP contribution in [0.4, 0.5) is 8.78 Å². The molecule has 0 fully saturated rings. The van der Waals surface area contributed by atoms with Gasteiger partial charge in [0.25, 0.3) is 15.5 Å². The van der Waals surface area contributed by atoms with Gasteiger partial charge in [-0.25, -0.2) is 17.2 Å². The third kappa shape index (κ3) is 2.72. The number of alkyl halides is 2. The molecule has 4 nitrogen and oxygen atoms in total. The van der Waals surface area contributed by atoms with Gasteiger partial charge in [-0.3, -0.25) is 0 Å². The largest absolute Gasteiger partial charge is 0.392 e. The van der Waals surface area contributed by atoms with Crippen LogP contribution >= 0.6 is 10.7 Å². The highest BCUT2D eigenvalue weighted by Gasteiger charge is 2.26. The molecular weight excluding hydrogens is 276 g/mol. The minimum absolute atomic E-state index is 0.216. The van der Waals surface area contributed by atoms with Crippen LogP contribution < -0.4 is 0 Å². The van der Waals surface area contributed by atoms with Crippen LogP contribution in [0.3, 0.4) is 0 Å². The lowest BCUT2D eigenvalue weighted by atomic mass is 10.0. The van der Waals surface area contributed by atoms with E-state index >= 15 is 0 Å². The summed E-state index contributed by atoms with van der Waals surface area (Å²) in [4.78, 5) is -0.794. The average molecular weight is 282 g/mol. The van der Waals surface area contributed by atoms with Crippen molar-refractivity contribution < 1.29 is 22.3 Å². The fourth-order valence-corrected chi connectivity index (χ4v) is 2.48. The Morgan fingerprint density at radius 1 is 1.47 bits per heavy atom. The second-order valence-electron chi connectivity index (χ2n) is 3.01. The third-order valence-electron chi connectivity index (χ3n) is 2.08. The van der Waals surface area contributed by atoms with Crippen molar-refractivity contribution in [3.8, 4) is 6.07 Å². The summed E-state index contributed by atoms with van der Waals surface area (Å²) in [6, 6.07) is 3.43. The maximum absolute atomic E-state index is 12.8. The monoisotopic (exact) mass is 281 g/mol. The molecule has 0 bridgehead atoms. The van der Waals surface area contributed by atoms with E-state index in [-0.39, 0.29) is 5.56 Å². The number of benzene rings is 1. The second kappa shape index (κ2) is 4.96. The van der Waals surface area contributed by atoms with Crippen LogP contribution in [-0.2, 0) is 15.7 Å². The summed E-state index contributed by atoms with van der Waals surface area (Å²) in [5.41, 5.74) is -1.57. The van der Waals surface area contributed by atoms with Crippen molar-refractivity contribution in [3.63, 3.8) is 0 Å². The van der Waals surface area contributed by atoms with E-state index in [1.165, 1.54) is 0 Å². The molecule has 0 heterocycles. The molecule has 0 spiro atoms. The smallest absolute Gasteiger partial charge is 0.265 e. The molecule has 0 radical (unpaired) electrons. The Morgan fingerprint density at radius 3 is 2.41 bits per heavy atom. The number of hydrogen-bond acceptors (Lipinski definition) is 4. The van der Waals surface area contributed by atoms with Gasteiger partial charge in [-0.05, 0) is 12.1 Å².